The molecular formula is C13H19N5O2S. The molecule has 2 aromatic rings. The van der Waals surface area contributed by atoms with Gasteiger partial charge in [0.2, 0.25) is 5.89 Å². The van der Waals surface area contributed by atoms with Crippen LogP contribution in [0.4, 0.5) is 0 Å². The van der Waals surface area contributed by atoms with Crippen molar-refractivity contribution in [1.82, 2.24) is 20.1 Å². The van der Waals surface area contributed by atoms with Crippen molar-refractivity contribution in [2.24, 2.45) is 5.73 Å². The number of aromatic amines is 1. The number of hydrogen-bond donors (Lipinski definition) is 2. The third-order valence-electron chi connectivity index (χ3n) is 2.66. The minimum atomic E-state index is -0.639. The third-order valence-corrected chi connectivity index (χ3v) is 3.51. The van der Waals surface area contributed by atoms with Crippen LogP contribution in [0.15, 0.2) is 20.5 Å². The number of hydrogen-bond acceptors (Lipinski definition) is 7. The Kier molecular flexibility index (Phi) is 4.79. The summed E-state index contributed by atoms with van der Waals surface area (Å²) >= 11 is 1.35. The van der Waals surface area contributed by atoms with Crippen molar-refractivity contribution in [3.63, 3.8) is 0 Å². The number of H-pyrrole nitrogens is 1. The highest BCUT2D eigenvalue weighted by Gasteiger charge is 2.21. The van der Waals surface area contributed by atoms with Crippen LogP contribution in [0.5, 0.6) is 0 Å². The van der Waals surface area contributed by atoms with Crippen LogP contribution in [-0.4, -0.2) is 20.1 Å². The van der Waals surface area contributed by atoms with Crippen LogP contribution in [0, 0.1) is 0 Å². The molecule has 0 aliphatic rings. The molecule has 3 N–H and O–H groups in total. The van der Waals surface area contributed by atoms with Crippen LogP contribution in [-0.2, 0) is 17.7 Å². The van der Waals surface area contributed by atoms with Gasteiger partial charge in [0.05, 0.1) is 11.3 Å². The molecule has 0 saturated heterocycles. The number of aromatic nitrogens is 4. The molecule has 114 valence electrons. The van der Waals surface area contributed by atoms with E-state index in [2.05, 4.69) is 20.1 Å². The van der Waals surface area contributed by atoms with Crippen molar-refractivity contribution >= 4 is 11.8 Å². The summed E-state index contributed by atoms with van der Waals surface area (Å²) < 4.78 is 5.14. The molecule has 0 unspecified atom stereocenters. The maximum atomic E-state index is 11.6. The molecule has 2 heterocycles. The van der Waals surface area contributed by atoms with E-state index in [-0.39, 0.29) is 5.56 Å². The van der Waals surface area contributed by atoms with E-state index >= 15 is 0 Å². The van der Waals surface area contributed by atoms with Gasteiger partial charge in [-0.3, -0.25) is 4.79 Å². The van der Waals surface area contributed by atoms with Crippen molar-refractivity contribution in [2.45, 2.75) is 50.1 Å². The molecule has 0 amide bonds. The minimum absolute atomic E-state index is 0.148. The summed E-state index contributed by atoms with van der Waals surface area (Å²) in [4.78, 5) is 22.9. The Morgan fingerprint density at radius 1 is 1.43 bits per heavy atom. The van der Waals surface area contributed by atoms with E-state index in [1.807, 2.05) is 20.8 Å². The molecule has 0 saturated carbocycles. The summed E-state index contributed by atoms with van der Waals surface area (Å²) in [6.45, 7) is 5.66. The van der Waals surface area contributed by atoms with Gasteiger partial charge < -0.3 is 15.2 Å². The Morgan fingerprint density at radius 2 is 2.19 bits per heavy atom. The van der Waals surface area contributed by atoms with Crippen molar-refractivity contribution in [2.75, 3.05) is 0 Å². The zero-order valence-electron chi connectivity index (χ0n) is 12.3. The molecule has 0 bridgehead atoms. The summed E-state index contributed by atoms with van der Waals surface area (Å²) in [6.07, 6.45) is 1.72. The summed E-state index contributed by atoms with van der Waals surface area (Å²) in [5.41, 5.74) is 5.90. The van der Waals surface area contributed by atoms with E-state index in [1.54, 1.807) is 0 Å². The summed E-state index contributed by atoms with van der Waals surface area (Å²) in [7, 11) is 0. The Bertz CT molecular complexity index is 659. The van der Waals surface area contributed by atoms with Crippen LogP contribution in [0.2, 0.25) is 0 Å². The molecular weight excluding hydrogens is 290 g/mol. The standard InChI is InChI=1S/C13H19N5O2S/c1-4-5-8-6-9(19)16-12(15-8)21-7-10-17-11(18-20-10)13(2,3)14/h6H,4-5,7,14H2,1-3H3,(H,15,16,19). The summed E-state index contributed by atoms with van der Waals surface area (Å²) in [5, 5.41) is 4.40. The Morgan fingerprint density at radius 3 is 2.81 bits per heavy atom. The van der Waals surface area contributed by atoms with Crippen LogP contribution >= 0.6 is 11.8 Å². The second-order valence-corrected chi connectivity index (χ2v) is 6.28. The zero-order valence-corrected chi connectivity index (χ0v) is 13.2. The van der Waals surface area contributed by atoms with E-state index in [0.717, 1.165) is 18.5 Å². The molecule has 2 rings (SSSR count). The summed E-state index contributed by atoms with van der Waals surface area (Å²) in [6, 6.07) is 1.52. The maximum Gasteiger partial charge on any atom is 0.251 e. The molecule has 2 aromatic heterocycles. The highest BCUT2D eigenvalue weighted by molar-refractivity contribution is 7.98. The molecule has 7 nitrogen and oxygen atoms in total. The molecule has 0 spiro atoms. The van der Waals surface area contributed by atoms with Crippen LogP contribution in [0.25, 0.3) is 0 Å². The quantitative estimate of drug-likeness (QED) is 0.615. The highest BCUT2D eigenvalue weighted by Crippen LogP contribution is 2.19. The van der Waals surface area contributed by atoms with Crippen LogP contribution in [0.3, 0.4) is 0 Å². The third kappa shape index (κ3) is 4.40. The van der Waals surface area contributed by atoms with Crippen molar-refractivity contribution < 1.29 is 4.52 Å². The molecule has 21 heavy (non-hydrogen) atoms. The number of rotatable bonds is 6. The second kappa shape index (κ2) is 6.40. The van der Waals surface area contributed by atoms with Crippen LogP contribution < -0.4 is 11.3 Å². The summed E-state index contributed by atoms with van der Waals surface area (Å²) in [5.74, 6) is 1.35. The van der Waals surface area contributed by atoms with Crippen molar-refractivity contribution in [1.29, 1.82) is 0 Å². The van der Waals surface area contributed by atoms with Gasteiger partial charge in [-0.05, 0) is 20.3 Å². The van der Waals surface area contributed by atoms with Gasteiger partial charge in [0.25, 0.3) is 5.56 Å². The van der Waals surface area contributed by atoms with E-state index in [0.29, 0.717) is 22.6 Å². The lowest BCUT2D eigenvalue weighted by Crippen LogP contribution is -2.30. The fourth-order valence-electron chi connectivity index (χ4n) is 1.64. The first-order valence-corrected chi connectivity index (χ1v) is 7.72. The first-order chi connectivity index (χ1) is 9.88. The second-order valence-electron chi connectivity index (χ2n) is 5.31. The highest BCUT2D eigenvalue weighted by atomic mass is 32.2. The minimum Gasteiger partial charge on any atom is -0.338 e. The number of nitrogens with zero attached hydrogens (tertiary/aromatic N) is 3. The van der Waals surface area contributed by atoms with E-state index in [4.69, 9.17) is 10.3 Å². The number of nitrogens with two attached hydrogens (primary N) is 1. The van der Waals surface area contributed by atoms with Crippen LogP contribution in [0.1, 0.15) is 44.6 Å². The van der Waals surface area contributed by atoms with Gasteiger partial charge in [-0.25, -0.2) is 4.98 Å². The molecule has 0 atom stereocenters. The van der Waals surface area contributed by atoms with Gasteiger partial charge in [-0.15, -0.1) is 0 Å². The lowest BCUT2D eigenvalue weighted by atomic mass is 10.1. The average Bonchev–Trinajstić information content (AvgIpc) is 2.85. The molecule has 0 aromatic carbocycles. The molecule has 0 radical (unpaired) electrons. The topological polar surface area (TPSA) is 111 Å². The van der Waals surface area contributed by atoms with E-state index < -0.39 is 5.54 Å². The van der Waals surface area contributed by atoms with Crippen molar-refractivity contribution in [3.8, 4) is 0 Å². The number of aryl methyl sites for hydroxylation is 1. The van der Waals surface area contributed by atoms with Gasteiger partial charge in [0.15, 0.2) is 11.0 Å². The lowest BCUT2D eigenvalue weighted by Gasteiger charge is -2.11. The normalized spacial score (nSPS) is 11.8. The molecule has 0 fully saturated rings. The van der Waals surface area contributed by atoms with Gasteiger partial charge in [0, 0.05) is 11.8 Å². The van der Waals surface area contributed by atoms with Gasteiger partial charge in [-0.2, -0.15) is 4.98 Å². The predicted octanol–water partition coefficient (Wildman–Crippen LogP) is 1.59. The lowest BCUT2D eigenvalue weighted by molar-refractivity contribution is 0.369. The van der Waals surface area contributed by atoms with Crippen molar-refractivity contribution in [3.05, 3.63) is 33.8 Å². The van der Waals surface area contributed by atoms with Gasteiger partial charge >= 0.3 is 0 Å². The Labute approximate surface area is 126 Å². The molecule has 0 aliphatic carbocycles. The first-order valence-electron chi connectivity index (χ1n) is 6.73. The Balaban J connectivity index is 2.06. The Hall–Kier alpha value is -1.67. The van der Waals surface area contributed by atoms with Gasteiger partial charge in [-0.1, -0.05) is 30.3 Å². The SMILES string of the molecule is CCCc1cc(=O)[nH]c(SCc2nc(C(C)(C)N)no2)n1. The number of nitrogens with one attached hydrogen (secondary N) is 1. The van der Waals surface area contributed by atoms with E-state index in [9.17, 15) is 4.79 Å². The smallest absolute Gasteiger partial charge is 0.251 e. The fraction of sp³-hybridized carbons (Fsp3) is 0.538. The fourth-order valence-corrected chi connectivity index (χ4v) is 2.37. The number of thioether (sulfide) groups is 1. The molecule has 0 aliphatic heterocycles. The van der Waals surface area contributed by atoms with E-state index in [1.165, 1.54) is 17.8 Å². The predicted molar refractivity (Wildman–Crippen MR) is 79.9 cm³/mol. The van der Waals surface area contributed by atoms with Gasteiger partial charge in [0.1, 0.15) is 0 Å². The largest absolute Gasteiger partial charge is 0.338 e. The maximum absolute atomic E-state index is 11.6. The monoisotopic (exact) mass is 309 g/mol. The average molecular weight is 309 g/mol. The zero-order chi connectivity index (χ0) is 15.5. The first kappa shape index (κ1) is 15.7. The molecule has 8 heteroatoms.